The van der Waals surface area contributed by atoms with Crippen molar-refractivity contribution in [2.45, 2.75) is 13.8 Å². The quantitative estimate of drug-likeness (QED) is 0.730. The molecule has 27 heavy (non-hydrogen) atoms. The summed E-state index contributed by atoms with van der Waals surface area (Å²) in [5.74, 6) is -0.394. The number of likely N-dealkylation sites (N-methyl/N-ethyl adjacent to an activating group) is 1. The molecule has 0 saturated carbocycles. The number of nitrogens with zero attached hydrogens (tertiary/aromatic N) is 3. The summed E-state index contributed by atoms with van der Waals surface area (Å²) in [7, 11) is -2.04. The Kier molecular flexibility index (Phi) is 5.03. The third-order valence-electron chi connectivity index (χ3n) is 4.42. The van der Waals surface area contributed by atoms with Gasteiger partial charge in [0.25, 0.3) is 0 Å². The smallest absolute Gasteiger partial charge is 0.239 e. The molecule has 0 fully saturated rings. The van der Waals surface area contributed by atoms with E-state index in [0.29, 0.717) is 5.69 Å². The van der Waals surface area contributed by atoms with Crippen molar-refractivity contribution in [3.05, 3.63) is 53.9 Å². The fourth-order valence-electron chi connectivity index (χ4n) is 2.72. The van der Waals surface area contributed by atoms with Crippen LogP contribution in [0.3, 0.4) is 0 Å². The second-order valence-electron chi connectivity index (χ2n) is 6.65. The third-order valence-corrected chi connectivity index (χ3v) is 5.68. The van der Waals surface area contributed by atoms with Gasteiger partial charge in [-0.05, 0) is 37.1 Å². The third kappa shape index (κ3) is 4.17. The number of pyridine rings is 1. The lowest BCUT2D eigenvalue weighted by Crippen LogP contribution is -2.34. The zero-order chi connectivity index (χ0) is 19.8. The van der Waals surface area contributed by atoms with Crippen molar-refractivity contribution in [1.82, 2.24) is 13.7 Å². The largest absolute Gasteiger partial charge is 0.325 e. The molecule has 0 saturated heterocycles. The number of carbonyl (C=O) groups excluding carboxylic acids is 1. The van der Waals surface area contributed by atoms with E-state index in [-0.39, 0.29) is 6.54 Å². The molecule has 0 aliphatic rings. The molecule has 0 bridgehead atoms. The summed E-state index contributed by atoms with van der Waals surface area (Å²) in [5, 5.41) is 2.79. The van der Waals surface area contributed by atoms with Crippen LogP contribution in [0.15, 0.2) is 42.7 Å². The van der Waals surface area contributed by atoms with Crippen LogP contribution in [-0.2, 0) is 14.8 Å². The van der Waals surface area contributed by atoms with Crippen molar-refractivity contribution in [3.63, 3.8) is 0 Å². The molecule has 0 aliphatic heterocycles. The summed E-state index contributed by atoms with van der Waals surface area (Å²) in [4.78, 5) is 16.9. The maximum atomic E-state index is 12.2. The normalized spacial score (nSPS) is 11.9. The minimum atomic E-state index is -3.41. The predicted octanol–water partition coefficient (Wildman–Crippen LogP) is 2.45. The van der Waals surface area contributed by atoms with E-state index >= 15 is 0 Å². The fourth-order valence-corrected chi connectivity index (χ4v) is 3.07. The van der Waals surface area contributed by atoms with Crippen molar-refractivity contribution in [2.24, 2.45) is 0 Å². The minimum Gasteiger partial charge on any atom is -0.325 e. The van der Waals surface area contributed by atoms with Crippen molar-refractivity contribution < 1.29 is 13.2 Å². The lowest BCUT2D eigenvalue weighted by Gasteiger charge is -2.15. The lowest BCUT2D eigenvalue weighted by atomic mass is 10.1. The van der Waals surface area contributed by atoms with Crippen LogP contribution >= 0.6 is 0 Å². The molecule has 142 valence electrons. The van der Waals surface area contributed by atoms with Gasteiger partial charge in [-0.1, -0.05) is 18.2 Å². The second kappa shape index (κ2) is 7.13. The van der Waals surface area contributed by atoms with E-state index in [2.05, 4.69) is 10.3 Å². The molecule has 3 aromatic rings. The molecule has 8 heteroatoms. The summed E-state index contributed by atoms with van der Waals surface area (Å²) in [6.07, 6.45) is 4.95. The number of hydrogen-bond acceptors (Lipinski definition) is 4. The van der Waals surface area contributed by atoms with Gasteiger partial charge < -0.3 is 9.72 Å². The van der Waals surface area contributed by atoms with Gasteiger partial charge in [0.1, 0.15) is 5.65 Å². The van der Waals surface area contributed by atoms with Crippen LogP contribution in [0.2, 0.25) is 0 Å². The number of imidazole rings is 1. The monoisotopic (exact) mass is 386 g/mol. The van der Waals surface area contributed by atoms with Gasteiger partial charge >= 0.3 is 0 Å². The molecule has 0 unspecified atom stereocenters. The Bertz CT molecular complexity index is 1120. The first kappa shape index (κ1) is 19.1. The molecule has 1 aromatic carbocycles. The maximum absolute atomic E-state index is 12.2. The number of benzene rings is 1. The van der Waals surface area contributed by atoms with Crippen molar-refractivity contribution >= 4 is 27.3 Å². The molecule has 1 N–H and O–H groups in total. The van der Waals surface area contributed by atoms with E-state index in [9.17, 15) is 13.2 Å². The molecule has 2 aromatic heterocycles. The highest BCUT2D eigenvalue weighted by atomic mass is 32.2. The van der Waals surface area contributed by atoms with Gasteiger partial charge in [-0.3, -0.25) is 4.79 Å². The first-order valence-corrected chi connectivity index (χ1v) is 10.3. The molecular formula is C19H22N4O3S. The number of amides is 1. The molecule has 2 heterocycles. The first-order chi connectivity index (χ1) is 12.6. The van der Waals surface area contributed by atoms with E-state index in [0.717, 1.165) is 38.6 Å². The van der Waals surface area contributed by atoms with Crippen LogP contribution in [0.5, 0.6) is 0 Å². The lowest BCUT2D eigenvalue weighted by molar-refractivity contribution is -0.116. The average Bonchev–Trinajstić information content (AvgIpc) is 3.01. The van der Waals surface area contributed by atoms with Gasteiger partial charge in [-0.15, -0.1) is 0 Å². The molecular weight excluding hydrogens is 364 g/mol. The highest BCUT2D eigenvalue weighted by Crippen LogP contribution is 2.26. The van der Waals surface area contributed by atoms with Crippen LogP contribution in [-0.4, -0.2) is 47.9 Å². The van der Waals surface area contributed by atoms with Gasteiger partial charge in [0, 0.05) is 30.7 Å². The van der Waals surface area contributed by atoms with Crippen molar-refractivity contribution in [1.29, 1.82) is 0 Å². The van der Waals surface area contributed by atoms with Crippen LogP contribution in [0.4, 0.5) is 5.69 Å². The number of anilines is 1. The SMILES string of the molecule is Cc1ccc(-c2cn3cccc(C)c3n2)cc1NC(=O)CN(C)S(C)(=O)=O. The van der Waals surface area contributed by atoms with Crippen LogP contribution in [0.25, 0.3) is 16.9 Å². The fraction of sp³-hybridized carbons (Fsp3) is 0.263. The molecule has 0 spiro atoms. The minimum absolute atomic E-state index is 0.240. The Morgan fingerprint density at radius 2 is 1.96 bits per heavy atom. The van der Waals surface area contributed by atoms with E-state index in [4.69, 9.17) is 0 Å². The highest BCUT2D eigenvalue weighted by molar-refractivity contribution is 7.88. The Hall–Kier alpha value is -2.71. The highest BCUT2D eigenvalue weighted by Gasteiger charge is 2.16. The summed E-state index contributed by atoms with van der Waals surface area (Å²) in [5.41, 5.74) is 5.15. The maximum Gasteiger partial charge on any atom is 0.239 e. The Morgan fingerprint density at radius 1 is 1.22 bits per heavy atom. The number of fused-ring (bicyclic) bond motifs is 1. The zero-order valence-corrected chi connectivity index (χ0v) is 16.5. The van der Waals surface area contributed by atoms with E-state index in [1.165, 1.54) is 7.05 Å². The number of aromatic nitrogens is 2. The molecule has 7 nitrogen and oxygen atoms in total. The first-order valence-electron chi connectivity index (χ1n) is 8.41. The Labute approximate surface area is 158 Å². The summed E-state index contributed by atoms with van der Waals surface area (Å²) >= 11 is 0. The second-order valence-corrected chi connectivity index (χ2v) is 8.73. The summed E-state index contributed by atoms with van der Waals surface area (Å²) in [6, 6.07) is 9.68. The molecule has 0 aliphatic carbocycles. The van der Waals surface area contributed by atoms with E-state index in [1.807, 2.05) is 61.0 Å². The van der Waals surface area contributed by atoms with Gasteiger partial charge in [-0.2, -0.15) is 4.31 Å². The topological polar surface area (TPSA) is 83.8 Å². The van der Waals surface area contributed by atoms with Crippen LogP contribution < -0.4 is 5.32 Å². The van der Waals surface area contributed by atoms with Gasteiger partial charge in [0.15, 0.2) is 0 Å². The Balaban J connectivity index is 1.87. The van der Waals surface area contributed by atoms with Crippen molar-refractivity contribution in [2.75, 3.05) is 25.2 Å². The number of rotatable bonds is 5. The summed E-state index contributed by atoms with van der Waals surface area (Å²) in [6.45, 7) is 3.65. The van der Waals surface area contributed by atoms with E-state index in [1.54, 1.807) is 0 Å². The number of nitrogens with one attached hydrogen (secondary N) is 1. The number of aryl methyl sites for hydroxylation is 2. The number of carbonyl (C=O) groups is 1. The van der Waals surface area contributed by atoms with E-state index < -0.39 is 15.9 Å². The molecule has 1 amide bonds. The average molecular weight is 386 g/mol. The van der Waals surface area contributed by atoms with Gasteiger partial charge in [-0.25, -0.2) is 13.4 Å². The van der Waals surface area contributed by atoms with Gasteiger partial charge in [0.2, 0.25) is 15.9 Å². The van der Waals surface area contributed by atoms with Crippen molar-refractivity contribution in [3.8, 4) is 11.3 Å². The standard InChI is InChI=1S/C19H22N4O3S/c1-13-7-8-15(17-11-23-9-5-6-14(2)19(23)21-17)10-16(13)20-18(24)12-22(3)27(4,25)26/h5-11H,12H2,1-4H3,(H,20,24). The van der Waals surface area contributed by atoms with Gasteiger partial charge in [0.05, 0.1) is 18.5 Å². The number of hydrogen-bond donors (Lipinski definition) is 1. The Morgan fingerprint density at radius 3 is 2.63 bits per heavy atom. The molecule has 0 radical (unpaired) electrons. The molecule has 0 atom stereocenters. The van der Waals surface area contributed by atoms with Crippen LogP contribution in [0, 0.1) is 13.8 Å². The van der Waals surface area contributed by atoms with Crippen LogP contribution in [0.1, 0.15) is 11.1 Å². The zero-order valence-electron chi connectivity index (χ0n) is 15.7. The predicted molar refractivity (Wildman–Crippen MR) is 106 cm³/mol. The molecule has 3 rings (SSSR count). The summed E-state index contributed by atoms with van der Waals surface area (Å²) < 4.78 is 25.9. The number of sulfonamides is 1.